The van der Waals surface area contributed by atoms with Crippen molar-refractivity contribution in [2.45, 2.75) is 24.5 Å². The first-order valence-electron chi connectivity index (χ1n) is 18.4. The SMILES string of the molecule is O=C1C=Cc2c(cc(S(=O)(=O)O)c(NNc3ccc(Nc4nc(Cl)nc(Nc5cccc(S(=O)(=O)O)c5)n4)cc3S(=O)(=O)O)c2O)/C1=N\N=C1C=C(S(=O)(=O)O)c2cc(S(=O)(=O)O)cc(S(=O)(=O)O)c2C1=O.[Cu].[H+].[H+].[H+].[H+].[H+].[H+]. The van der Waals surface area contributed by atoms with Crippen LogP contribution in [0.25, 0.3) is 11.0 Å². The Hall–Kier alpha value is -6.68. The van der Waals surface area contributed by atoms with E-state index in [2.05, 4.69) is 46.6 Å². The zero-order valence-electron chi connectivity index (χ0n) is 40.7. The van der Waals surface area contributed by atoms with Crippen molar-refractivity contribution >= 4 is 141 Å². The van der Waals surface area contributed by atoms with E-state index >= 15 is 0 Å². The predicted octanol–water partition coefficient (Wildman–Crippen LogP) is 2.93. The number of halogens is 1. The van der Waals surface area contributed by atoms with E-state index in [-0.39, 0.29) is 67.1 Å². The standard InChI is InChI=1S/C35H24ClN9O21S6.Cu/c36-33-39-34(37-14-2-1-3-16(8-14)67(49,50)51)41-35(40-33)38-15-4-6-21(25(9-15)70(58,59)60)42-45-30-27(72(64,65)66)12-19-18(31(30)47)5-7-23(46)29(19)44-43-22-13-24(69(55,56)57)20-10-17(68(52,53)54)11-26(71(61,62)63)28(20)32(22)48;/h1-13,42,45,47H,(H,49,50,51)(H,52,53,54)(H,55,56,57)(H,58,59,60)(H,61,62,63)(H,64,65,66)(H2,37,38,39,40,41);/p+6/b43-22?,44-29+;. The molecule has 0 aliphatic heterocycles. The molecule has 0 fully saturated rings. The van der Waals surface area contributed by atoms with Gasteiger partial charge in [-0.1, -0.05) is 6.07 Å². The summed E-state index contributed by atoms with van der Waals surface area (Å²) in [6.07, 6.45) is 1.78. The number of hydrogen-bond acceptors (Lipinski definition) is 24. The molecular formula is C35H30ClCuN9O21S6+6. The van der Waals surface area contributed by atoms with E-state index < -0.39 is 158 Å². The van der Waals surface area contributed by atoms with Crippen molar-refractivity contribution in [2.24, 2.45) is 10.2 Å². The minimum Gasteiger partial charge on any atom is -0.505 e. The number of hydrogen-bond donors (Lipinski definition) is 11. The number of aromatic nitrogens is 3. The number of nitrogens with zero attached hydrogens (tertiary/aromatic N) is 5. The number of phenols is 1. The first-order chi connectivity index (χ1) is 33.1. The summed E-state index contributed by atoms with van der Waals surface area (Å²) < 4.78 is 206. The summed E-state index contributed by atoms with van der Waals surface area (Å²) >= 11 is 6.02. The van der Waals surface area contributed by atoms with Gasteiger partial charge >= 0.3 is 8.56 Å². The van der Waals surface area contributed by atoms with Crippen LogP contribution in [0.1, 0.15) is 35.6 Å². The molecule has 11 N–H and O–H groups in total. The molecule has 38 heteroatoms. The molecule has 0 atom stereocenters. The number of phenolic OH excluding ortho intramolecular Hbond substituents is 1. The molecule has 0 saturated carbocycles. The fourth-order valence-electron chi connectivity index (χ4n) is 6.48. The summed E-state index contributed by atoms with van der Waals surface area (Å²) in [7, 11) is -32.0. The number of aromatic hydroxyl groups is 1. The Kier molecular flexibility index (Phi) is 15.0. The minimum absolute atomic E-state index is 0. The molecule has 1 heterocycles. The Morgan fingerprint density at radius 3 is 1.73 bits per heavy atom. The average Bonchev–Trinajstić information content (AvgIpc) is 3.24. The molecule has 73 heavy (non-hydrogen) atoms. The molecule has 389 valence electrons. The normalized spacial score (nSPS) is 15.2. The molecule has 30 nitrogen and oxygen atoms in total. The van der Waals surface area contributed by atoms with E-state index in [4.69, 9.17) is 11.6 Å². The third kappa shape index (κ3) is 12.1. The number of carbonyl (C=O) groups is 2. The first kappa shape index (κ1) is 55.6. The van der Waals surface area contributed by atoms with Crippen LogP contribution in [0, 0.1) is 0 Å². The van der Waals surface area contributed by atoms with Crippen molar-refractivity contribution in [2.75, 3.05) is 21.5 Å². The topological polar surface area (TPSA) is 492 Å². The van der Waals surface area contributed by atoms with Crippen LogP contribution in [0.5, 0.6) is 5.75 Å². The van der Waals surface area contributed by atoms with Crippen molar-refractivity contribution in [3.63, 3.8) is 0 Å². The van der Waals surface area contributed by atoms with Gasteiger partial charge in [-0.15, -0.1) is 10.2 Å². The molecule has 1 radical (unpaired) electrons. The van der Waals surface area contributed by atoms with Crippen LogP contribution in [-0.2, 0) is 82.6 Å². The van der Waals surface area contributed by atoms with Crippen LogP contribution in [-0.4, -0.2) is 121 Å². The van der Waals surface area contributed by atoms with E-state index in [0.29, 0.717) is 12.1 Å². The van der Waals surface area contributed by atoms with E-state index in [1.165, 1.54) is 12.1 Å². The quantitative estimate of drug-likeness (QED) is 0.0329. The zero-order chi connectivity index (χ0) is 53.3. The molecule has 1 aromatic heterocycles. The number of benzene rings is 4. The van der Waals surface area contributed by atoms with E-state index in [1.54, 1.807) is 0 Å². The molecule has 5 aromatic rings. The van der Waals surface area contributed by atoms with Gasteiger partial charge in [-0.25, -0.2) is 0 Å². The van der Waals surface area contributed by atoms with Crippen molar-refractivity contribution in [1.29, 1.82) is 0 Å². The summed E-state index contributed by atoms with van der Waals surface area (Å²) in [4.78, 5) is 31.4. The van der Waals surface area contributed by atoms with Gasteiger partial charge in [0.2, 0.25) is 28.7 Å². The van der Waals surface area contributed by atoms with Gasteiger partial charge in [0, 0.05) is 45.1 Å². The monoisotopic (exact) mass is 1200 g/mol. The molecule has 2 aliphatic rings. The molecule has 0 bridgehead atoms. The van der Waals surface area contributed by atoms with Gasteiger partial charge in [0.15, 0.2) is 0 Å². The first-order valence-corrected chi connectivity index (χ1v) is 27.4. The van der Waals surface area contributed by atoms with Crippen LogP contribution in [0.3, 0.4) is 0 Å². The van der Waals surface area contributed by atoms with Crippen LogP contribution in [0.4, 0.5) is 34.6 Å². The molecule has 0 amide bonds. The number of fused-ring (bicyclic) bond motifs is 2. The maximum Gasteiger partial charge on any atom is 1.00 e. The summed E-state index contributed by atoms with van der Waals surface area (Å²) in [6, 6.07) is 8.49. The number of anilines is 6. The minimum atomic E-state index is -5.67. The maximum atomic E-state index is 13.6. The van der Waals surface area contributed by atoms with Crippen molar-refractivity contribution in [3.05, 3.63) is 100 Å². The number of carbonyl (C=O) groups excluding carboxylic acids is 2. The Morgan fingerprint density at radius 1 is 0.575 bits per heavy atom. The number of nitrogens with one attached hydrogen (secondary N) is 4. The Balaban J connectivity index is 0.00000869. The molecule has 0 spiro atoms. The van der Waals surface area contributed by atoms with Crippen molar-refractivity contribution < 1.29 is 118 Å². The Bertz CT molecular complexity index is 4150. The smallest absolute Gasteiger partial charge is 0.505 e. The number of ketones is 2. The Labute approximate surface area is 433 Å². The second-order valence-electron chi connectivity index (χ2n) is 14.2. The number of allylic oxidation sites excluding steroid dienone is 2. The van der Waals surface area contributed by atoms with E-state index in [9.17, 15) is 92.5 Å². The van der Waals surface area contributed by atoms with Gasteiger partial charge in [0.25, 0.3) is 60.7 Å². The Morgan fingerprint density at radius 2 is 1.16 bits per heavy atom. The average molecular weight is 1200 g/mol. The largest absolute Gasteiger partial charge is 1.00 e. The fourth-order valence-corrected chi connectivity index (χ4v) is 10.6. The van der Waals surface area contributed by atoms with Crippen molar-refractivity contribution in [1.82, 2.24) is 15.0 Å². The van der Waals surface area contributed by atoms with Gasteiger partial charge in [-0.05, 0) is 84.4 Å². The van der Waals surface area contributed by atoms with Gasteiger partial charge in [0.1, 0.15) is 42.5 Å². The third-order valence-electron chi connectivity index (χ3n) is 9.49. The fraction of sp³-hybridized carbons (Fsp3) is 0. The molecule has 0 saturated heterocycles. The molecule has 0 unspecified atom stereocenters. The molecular weight excluding hydrogens is 1170 g/mol. The van der Waals surface area contributed by atoms with Crippen LogP contribution in [0.15, 0.2) is 107 Å². The number of rotatable bonds is 14. The third-order valence-corrected chi connectivity index (χ3v) is 14.9. The molecule has 4 aromatic carbocycles. The number of hydrazine groups is 1. The van der Waals surface area contributed by atoms with Gasteiger partial charge in [-0.2, -0.15) is 65.5 Å². The van der Waals surface area contributed by atoms with E-state index in [0.717, 1.165) is 36.4 Å². The number of Topliss-reactive ketones (excluding diaryl/α,β-unsaturated/α-hetero) is 1. The molecule has 7 rings (SSSR count). The summed E-state index contributed by atoms with van der Waals surface area (Å²) in [5.41, 5.74) is -3.18. The summed E-state index contributed by atoms with van der Waals surface area (Å²) in [6.45, 7) is 0. The second kappa shape index (κ2) is 19.6. The van der Waals surface area contributed by atoms with Gasteiger partial charge in [0.05, 0.1) is 21.0 Å². The van der Waals surface area contributed by atoms with E-state index in [1.807, 2.05) is 0 Å². The second-order valence-corrected chi connectivity index (χ2v) is 23.0. The van der Waals surface area contributed by atoms with Crippen LogP contribution in [0.2, 0.25) is 5.28 Å². The van der Waals surface area contributed by atoms with Gasteiger partial charge < -0.3 is 15.7 Å². The molecule has 2 aliphatic carbocycles. The van der Waals surface area contributed by atoms with Crippen LogP contribution >= 0.6 is 11.6 Å². The predicted molar refractivity (Wildman–Crippen MR) is 254 cm³/mol. The van der Waals surface area contributed by atoms with Crippen LogP contribution < -0.4 is 21.5 Å². The maximum absolute atomic E-state index is 13.6. The summed E-state index contributed by atoms with van der Waals surface area (Å²) in [5, 5.41) is 23.2. The van der Waals surface area contributed by atoms with Crippen molar-refractivity contribution in [3.8, 4) is 5.75 Å². The zero-order valence-corrected chi connectivity index (χ0v) is 41.3. The van der Waals surface area contributed by atoms with Gasteiger partial charge in [-0.3, -0.25) is 47.8 Å². The summed E-state index contributed by atoms with van der Waals surface area (Å²) in [5.74, 6) is -4.64.